The molecule has 162 valence electrons. The molecule has 31 heavy (non-hydrogen) atoms. The van der Waals surface area contributed by atoms with E-state index in [-0.39, 0.29) is 24.6 Å². The monoisotopic (exact) mass is 423 g/mol. The summed E-state index contributed by atoms with van der Waals surface area (Å²) >= 11 is 0. The van der Waals surface area contributed by atoms with E-state index in [1.807, 2.05) is 39.8 Å². The Labute approximate surface area is 180 Å². The van der Waals surface area contributed by atoms with Gasteiger partial charge in [0.1, 0.15) is 12.4 Å². The number of ether oxygens (including phenoxy) is 3. The highest BCUT2D eigenvalue weighted by molar-refractivity contribution is 6.00. The van der Waals surface area contributed by atoms with Crippen LogP contribution in [0.1, 0.15) is 48.9 Å². The van der Waals surface area contributed by atoms with Crippen molar-refractivity contribution in [2.45, 2.75) is 34.3 Å². The number of carbonyl (C=O) groups is 2. The van der Waals surface area contributed by atoms with Crippen molar-refractivity contribution in [2.24, 2.45) is 0 Å². The van der Waals surface area contributed by atoms with Crippen molar-refractivity contribution in [3.63, 3.8) is 0 Å². The van der Waals surface area contributed by atoms with Crippen LogP contribution in [-0.2, 0) is 11.3 Å². The lowest BCUT2D eigenvalue weighted by Gasteiger charge is -2.12. The maximum atomic E-state index is 12.5. The van der Waals surface area contributed by atoms with Crippen LogP contribution in [0.2, 0.25) is 0 Å². The highest BCUT2D eigenvalue weighted by atomic mass is 16.5. The molecule has 0 spiro atoms. The molecule has 0 aliphatic heterocycles. The normalized spacial score (nSPS) is 10.6. The summed E-state index contributed by atoms with van der Waals surface area (Å²) < 4.78 is 21.5. The first-order chi connectivity index (χ1) is 14.8. The zero-order valence-electron chi connectivity index (χ0n) is 18.3. The van der Waals surface area contributed by atoms with Crippen LogP contribution in [0.15, 0.2) is 40.9 Å². The Morgan fingerprint density at radius 2 is 1.77 bits per heavy atom. The van der Waals surface area contributed by atoms with E-state index < -0.39 is 5.97 Å². The van der Waals surface area contributed by atoms with Crippen LogP contribution in [-0.4, -0.2) is 30.6 Å². The Bertz CT molecular complexity index is 1100. The smallest absolute Gasteiger partial charge is 0.338 e. The number of esters is 1. The fraction of sp³-hybridized carbons (Fsp3) is 0.292. The molecule has 1 heterocycles. The van der Waals surface area contributed by atoms with E-state index in [4.69, 9.17) is 18.7 Å². The molecule has 0 N–H and O–H groups in total. The minimum atomic E-state index is -0.616. The van der Waals surface area contributed by atoms with Gasteiger partial charge in [0.05, 0.1) is 23.9 Å². The van der Waals surface area contributed by atoms with Gasteiger partial charge < -0.3 is 18.7 Å². The average Bonchev–Trinajstić information content (AvgIpc) is 3.09. The van der Waals surface area contributed by atoms with Crippen molar-refractivity contribution in [1.29, 1.82) is 0 Å². The van der Waals surface area contributed by atoms with Gasteiger partial charge in [0.2, 0.25) is 5.78 Å². The van der Waals surface area contributed by atoms with Crippen LogP contribution in [0.5, 0.6) is 11.5 Å². The molecule has 0 amide bonds. The zero-order valence-corrected chi connectivity index (χ0v) is 18.3. The summed E-state index contributed by atoms with van der Waals surface area (Å²) in [6.45, 7) is 7.32. The van der Waals surface area contributed by atoms with Gasteiger partial charge in [0.25, 0.3) is 0 Å². The van der Waals surface area contributed by atoms with Crippen LogP contribution >= 0.6 is 0 Å². The minimum Gasteiger partial charge on any atom is -0.493 e. The predicted molar refractivity (Wildman–Crippen MR) is 114 cm³/mol. The molecular formula is C24H25NO6. The summed E-state index contributed by atoms with van der Waals surface area (Å²) in [4.78, 5) is 24.9. The third-order valence-electron chi connectivity index (χ3n) is 4.98. The van der Waals surface area contributed by atoms with E-state index in [0.29, 0.717) is 22.8 Å². The summed E-state index contributed by atoms with van der Waals surface area (Å²) in [5.74, 6) is 0.660. The van der Waals surface area contributed by atoms with Crippen LogP contribution < -0.4 is 9.47 Å². The zero-order chi connectivity index (χ0) is 22.5. The molecule has 0 bridgehead atoms. The quantitative estimate of drug-likeness (QED) is 0.388. The molecule has 0 aliphatic carbocycles. The van der Waals surface area contributed by atoms with Crippen molar-refractivity contribution in [2.75, 3.05) is 13.7 Å². The number of nitrogens with zero attached hydrogens (tertiary/aromatic N) is 1. The predicted octanol–water partition coefficient (Wildman–Crippen LogP) is 4.54. The van der Waals surface area contributed by atoms with Gasteiger partial charge in [-0.05, 0) is 57.5 Å². The molecule has 0 saturated heterocycles. The number of aryl methyl sites for hydroxylation is 4. The second kappa shape index (κ2) is 9.47. The third kappa shape index (κ3) is 5.12. The van der Waals surface area contributed by atoms with E-state index in [9.17, 15) is 9.59 Å². The van der Waals surface area contributed by atoms with Crippen molar-refractivity contribution in [1.82, 2.24) is 5.16 Å². The highest BCUT2D eigenvalue weighted by Gasteiger charge is 2.17. The van der Waals surface area contributed by atoms with Gasteiger partial charge in [-0.3, -0.25) is 4.79 Å². The Kier molecular flexibility index (Phi) is 6.74. The lowest BCUT2D eigenvalue weighted by molar-refractivity contribution is 0.0474. The van der Waals surface area contributed by atoms with Gasteiger partial charge in [0.15, 0.2) is 18.1 Å². The fourth-order valence-electron chi connectivity index (χ4n) is 3.10. The molecule has 3 rings (SSSR count). The molecular weight excluding hydrogens is 398 g/mol. The van der Waals surface area contributed by atoms with E-state index in [1.54, 1.807) is 18.2 Å². The summed E-state index contributed by atoms with van der Waals surface area (Å²) in [7, 11) is 1.48. The first-order valence-electron chi connectivity index (χ1n) is 9.80. The molecule has 3 aromatic rings. The van der Waals surface area contributed by atoms with E-state index in [0.717, 1.165) is 22.4 Å². The van der Waals surface area contributed by atoms with Gasteiger partial charge in [0, 0.05) is 5.56 Å². The number of aromatic nitrogens is 1. The summed E-state index contributed by atoms with van der Waals surface area (Å²) in [5.41, 5.74) is 4.23. The van der Waals surface area contributed by atoms with Gasteiger partial charge in [-0.1, -0.05) is 22.9 Å². The Morgan fingerprint density at radius 3 is 2.45 bits per heavy atom. The van der Waals surface area contributed by atoms with Crippen molar-refractivity contribution < 1.29 is 28.3 Å². The fourth-order valence-corrected chi connectivity index (χ4v) is 3.10. The number of benzene rings is 2. The summed E-state index contributed by atoms with van der Waals surface area (Å²) in [6.07, 6.45) is 0. The first-order valence-corrected chi connectivity index (χ1v) is 9.80. The Hall–Kier alpha value is -3.61. The van der Waals surface area contributed by atoms with E-state index in [1.165, 1.54) is 13.2 Å². The number of hydrogen-bond acceptors (Lipinski definition) is 7. The van der Waals surface area contributed by atoms with Gasteiger partial charge >= 0.3 is 5.97 Å². The lowest BCUT2D eigenvalue weighted by Crippen LogP contribution is -2.15. The largest absolute Gasteiger partial charge is 0.493 e. The lowest BCUT2D eigenvalue weighted by atomic mass is 10.0. The molecule has 0 unspecified atom stereocenters. The van der Waals surface area contributed by atoms with Gasteiger partial charge in [-0.25, -0.2) is 4.79 Å². The second-order valence-electron chi connectivity index (χ2n) is 7.27. The second-order valence-corrected chi connectivity index (χ2v) is 7.27. The van der Waals surface area contributed by atoms with Crippen molar-refractivity contribution in [3.05, 3.63) is 75.7 Å². The summed E-state index contributed by atoms with van der Waals surface area (Å²) in [6, 6.07) is 10.3. The Balaban J connectivity index is 1.66. The number of methoxy groups -OCH3 is 1. The number of Topliss-reactive ketones (excluding diaryl/α,β-unsaturated/α-hetero) is 1. The number of ketones is 1. The average molecular weight is 423 g/mol. The molecule has 0 saturated carbocycles. The molecule has 7 nitrogen and oxygen atoms in total. The topological polar surface area (TPSA) is 87.9 Å². The van der Waals surface area contributed by atoms with E-state index in [2.05, 4.69) is 5.16 Å². The van der Waals surface area contributed by atoms with Gasteiger partial charge in [-0.2, -0.15) is 0 Å². The third-order valence-corrected chi connectivity index (χ3v) is 4.98. The Morgan fingerprint density at radius 1 is 1.00 bits per heavy atom. The molecule has 0 radical (unpaired) electrons. The maximum Gasteiger partial charge on any atom is 0.338 e. The van der Waals surface area contributed by atoms with Crippen LogP contribution in [0.3, 0.4) is 0 Å². The molecule has 0 atom stereocenters. The van der Waals surface area contributed by atoms with Gasteiger partial charge in [-0.15, -0.1) is 0 Å². The molecule has 2 aromatic carbocycles. The maximum absolute atomic E-state index is 12.5. The van der Waals surface area contributed by atoms with Crippen molar-refractivity contribution in [3.8, 4) is 11.5 Å². The SMILES string of the molecule is COc1cc(C(=O)OCC(=O)c2cc(C)ccc2C)ccc1OCc1c(C)noc1C. The minimum absolute atomic E-state index is 0.249. The van der Waals surface area contributed by atoms with Crippen LogP contribution in [0.25, 0.3) is 0 Å². The summed E-state index contributed by atoms with van der Waals surface area (Å²) in [5, 5.41) is 3.90. The molecule has 0 fully saturated rings. The molecule has 7 heteroatoms. The number of rotatable bonds is 8. The highest BCUT2D eigenvalue weighted by Crippen LogP contribution is 2.30. The number of hydrogen-bond donors (Lipinski definition) is 0. The van der Waals surface area contributed by atoms with Crippen LogP contribution in [0.4, 0.5) is 0 Å². The van der Waals surface area contributed by atoms with E-state index >= 15 is 0 Å². The first kappa shape index (κ1) is 22.1. The molecule has 0 aliphatic rings. The number of carbonyl (C=O) groups excluding carboxylic acids is 2. The standard InChI is InChI=1S/C24H25NO6/c1-14-6-7-15(2)19(10-14)21(26)13-30-24(27)18-8-9-22(23(11-18)28-5)29-12-20-16(3)25-31-17(20)4/h6-11H,12-13H2,1-5H3. The van der Waals surface area contributed by atoms with Crippen LogP contribution in [0, 0.1) is 27.7 Å². The van der Waals surface area contributed by atoms with Crippen molar-refractivity contribution >= 4 is 11.8 Å². The molecule has 1 aromatic heterocycles.